The fourth-order valence-corrected chi connectivity index (χ4v) is 5.16. The van der Waals surface area contributed by atoms with Gasteiger partial charge in [0, 0.05) is 51.3 Å². The van der Waals surface area contributed by atoms with E-state index in [1.807, 2.05) is 29.2 Å². The first-order valence-corrected chi connectivity index (χ1v) is 11.7. The van der Waals surface area contributed by atoms with Crippen LogP contribution in [-0.2, 0) is 17.1 Å². The summed E-state index contributed by atoms with van der Waals surface area (Å²) in [4.78, 5) is 17.8. The van der Waals surface area contributed by atoms with Gasteiger partial charge in [0.1, 0.15) is 0 Å². The first kappa shape index (κ1) is 21.1. The summed E-state index contributed by atoms with van der Waals surface area (Å²) in [7, 11) is -2.17. The van der Waals surface area contributed by atoms with Crippen molar-refractivity contribution in [2.24, 2.45) is 7.05 Å². The van der Waals surface area contributed by atoms with Gasteiger partial charge in [0.05, 0.1) is 10.4 Å². The molecule has 0 aliphatic carbocycles. The number of hydrogen-bond acceptors (Lipinski definition) is 9. The monoisotopic (exact) mass is 467 g/mol. The average Bonchev–Trinajstić information content (AvgIpc) is 3.13. The standard InChI is InChI=1S/C21H21N7O4S/c1-26-17-14-16(2-3-18(17)32-21(26)29)33(30,31)28-12-10-27(11-13-28)20-5-4-19(24-25-20)23-15-6-8-22-9-7-15/h2-9,14H,10-13H2,1H3,(H,22,23,24). The summed E-state index contributed by atoms with van der Waals surface area (Å²) >= 11 is 0. The first-order chi connectivity index (χ1) is 15.9. The van der Waals surface area contributed by atoms with Crippen LogP contribution in [0.4, 0.5) is 17.3 Å². The molecule has 1 aromatic carbocycles. The van der Waals surface area contributed by atoms with E-state index < -0.39 is 15.8 Å². The summed E-state index contributed by atoms with van der Waals surface area (Å²) in [6.45, 7) is 1.59. The maximum absolute atomic E-state index is 13.2. The van der Waals surface area contributed by atoms with E-state index in [1.54, 1.807) is 19.4 Å². The zero-order valence-corrected chi connectivity index (χ0v) is 18.6. The molecule has 0 spiro atoms. The molecule has 0 atom stereocenters. The molecule has 1 aliphatic heterocycles. The number of anilines is 3. The Kier molecular flexibility index (Phi) is 5.30. The Balaban J connectivity index is 1.26. The van der Waals surface area contributed by atoms with Crippen LogP contribution in [0.15, 0.2) is 69.0 Å². The maximum atomic E-state index is 13.2. The lowest BCUT2D eigenvalue weighted by atomic mass is 10.3. The fourth-order valence-electron chi connectivity index (χ4n) is 3.72. The minimum absolute atomic E-state index is 0.131. The third kappa shape index (κ3) is 4.05. The Morgan fingerprint density at radius 2 is 1.73 bits per heavy atom. The fraction of sp³-hybridized carbons (Fsp3) is 0.238. The molecule has 4 heterocycles. The lowest BCUT2D eigenvalue weighted by molar-refractivity contribution is 0.383. The highest BCUT2D eigenvalue weighted by Gasteiger charge is 2.29. The molecule has 3 aromatic heterocycles. The largest absolute Gasteiger partial charge is 0.419 e. The van der Waals surface area contributed by atoms with Crippen LogP contribution in [0.2, 0.25) is 0 Å². The minimum Gasteiger partial charge on any atom is -0.408 e. The molecule has 170 valence electrons. The van der Waals surface area contributed by atoms with E-state index in [1.165, 1.54) is 27.1 Å². The smallest absolute Gasteiger partial charge is 0.408 e. The second kappa shape index (κ2) is 8.30. The van der Waals surface area contributed by atoms with Gasteiger partial charge in [-0.05, 0) is 42.5 Å². The molecule has 4 aromatic rings. The Morgan fingerprint density at radius 1 is 0.970 bits per heavy atom. The number of aromatic nitrogens is 4. The Labute approximate surface area is 189 Å². The average molecular weight is 468 g/mol. The third-order valence-electron chi connectivity index (χ3n) is 5.57. The molecule has 33 heavy (non-hydrogen) atoms. The quantitative estimate of drug-likeness (QED) is 0.465. The van der Waals surface area contributed by atoms with Crippen LogP contribution >= 0.6 is 0 Å². The SMILES string of the molecule is Cn1c(=O)oc2ccc(S(=O)(=O)N3CCN(c4ccc(Nc5ccncc5)nn4)CC3)cc21. The van der Waals surface area contributed by atoms with Crippen LogP contribution in [0.25, 0.3) is 11.1 Å². The van der Waals surface area contributed by atoms with E-state index in [0.29, 0.717) is 48.9 Å². The third-order valence-corrected chi connectivity index (χ3v) is 7.46. The van der Waals surface area contributed by atoms with Gasteiger partial charge in [0.15, 0.2) is 17.2 Å². The lowest BCUT2D eigenvalue weighted by Crippen LogP contribution is -2.49. The highest BCUT2D eigenvalue weighted by Crippen LogP contribution is 2.23. The zero-order valence-electron chi connectivity index (χ0n) is 17.7. The van der Waals surface area contributed by atoms with Gasteiger partial charge in [-0.15, -0.1) is 10.2 Å². The number of benzene rings is 1. The van der Waals surface area contributed by atoms with E-state index in [0.717, 1.165) is 5.69 Å². The van der Waals surface area contributed by atoms with Crippen molar-refractivity contribution in [3.63, 3.8) is 0 Å². The Bertz CT molecular complexity index is 1440. The van der Waals surface area contributed by atoms with Gasteiger partial charge in [-0.1, -0.05) is 0 Å². The second-order valence-corrected chi connectivity index (χ2v) is 9.52. The number of sulfonamides is 1. The van der Waals surface area contributed by atoms with Crippen molar-refractivity contribution in [1.29, 1.82) is 0 Å². The number of hydrogen-bond donors (Lipinski definition) is 1. The van der Waals surface area contributed by atoms with Crippen LogP contribution in [0.1, 0.15) is 0 Å². The van der Waals surface area contributed by atoms with Gasteiger partial charge < -0.3 is 14.6 Å². The number of nitrogens with one attached hydrogen (secondary N) is 1. The van der Waals surface area contributed by atoms with Crippen molar-refractivity contribution in [1.82, 2.24) is 24.1 Å². The Hall–Kier alpha value is -3.77. The molecule has 1 N–H and O–H groups in total. The molecule has 5 rings (SSSR count). The molecule has 12 heteroatoms. The van der Waals surface area contributed by atoms with Gasteiger partial charge in [-0.3, -0.25) is 9.55 Å². The van der Waals surface area contributed by atoms with Gasteiger partial charge in [-0.2, -0.15) is 4.31 Å². The number of pyridine rings is 1. The summed E-state index contributed by atoms with van der Waals surface area (Å²) in [5.41, 5.74) is 1.65. The zero-order chi connectivity index (χ0) is 23.0. The normalized spacial score (nSPS) is 15.1. The van der Waals surface area contributed by atoms with Crippen LogP contribution in [-0.4, -0.2) is 58.7 Å². The second-order valence-electron chi connectivity index (χ2n) is 7.59. The van der Waals surface area contributed by atoms with E-state index in [9.17, 15) is 13.2 Å². The molecule has 1 saturated heterocycles. The number of fused-ring (bicyclic) bond motifs is 1. The van der Waals surface area contributed by atoms with Crippen molar-refractivity contribution in [2.45, 2.75) is 4.90 Å². The van der Waals surface area contributed by atoms with Crippen molar-refractivity contribution in [3.05, 3.63) is 65.4 Å². The molecular weight excluding hydrogens is 446 g/mol. The van der Waals surface area contributed by atoms with E-state index in [4.69, 9.17) is 4.42 Å². The van der Waals surface area contributed by atoms with Crippen LogP contribution in [0.5, 0.6) is 0 Å². The number of nitrogens with zero attached hydrogens (tertiary/aromatic N) is 6. The summed E-state index contributed by atoms with van der Waals surface area (Å²) in [5.74, 6) is 0.758. The maximum Gasteiger partial charge on any atom is 0.419 e. The highest BCUT2D eigenvalue weighted by atomic mass is 32.2. The van der Waals surface area contributed by atoms with Crippen molar-refractivity contribution in [3.8, 4) is 0 Å². The minimum atomic E-state index is -3.71. The van der Waals surface area contributed by atoms with E-state index in [-0.39, 0.29) is 4.90 Å². The predicted octanol–water partition coefficient (Wildman–Crippen LogP) is 1.57. The van der Waals surface area contributed by atoms with Crippen molar-refractivity contribution >= 4 is 38.4 Å². The molecule has 0 radical (unpaired) electrons. The van der Waals surface area contributed by atoms with Gasteiger partial charge in [0.2, 0.25) is 10.0 Å². The molecule has 0 amide bonds. The summed E-state index contributed by atoms with van der Waals surface area (Å²) in [6.07, 6.45) is 3.37. The lowest BCUT2D eigenvalue weighted by Gasteiger charge is -2.34. The number of piperazine rings is 1. The van der Waals surface area contributed by atoms with Gasteiger partial charge >= 0.3 is 5.76 Å². The van der Waals surface area contributed by atoms with Crippen molar-refractivity contribution in [2.75, 3.05) is 36.4 Å². The van der Waals surface area contributed by atoms with E-state index in [2.05, 4.69) is 20.5 Å². The summed E-state index contributed by atoms with van der Waals surface area (Å²) in [6, 6.07) is 11.8. The predicted molar refractivity (Wildman–Crippen MR) is 122 cm³/mol. The molecule has 0 saturated carbocycles. The molecule has 0 bridgehead atoms. The molecule has 11 nitrogen and oxygen atoms in total. The molecular formula is C21H21N7O4S. The summed E-state index contributed by atoms with van der Waals surface area (Å²) < 4.78 is 34.1. The molecule has 1 aliphatic rings. The highest BCUT2D eigenvalue weighted by molar-refractivity contribution is 7.89. The van der Waals surface area contributed by atoms with Crippen LogP contribution in [0.3, 0.4) is 0 Å². The number of rotatable bonds is 5. The van der Waals surface area contributed by atoms with E-state index >= 15 is 0 Å². The van der Waals surface area contributed by atoms with Crippen molar-refractivity contribution < 1.29 is 12.8 Å². The molecule has 0 unspecified atom stereocenters. The van der Waals surface area contributed by atoms with Crippen LogP contribution < -0.4 is 16.0 Å². The number of oxazole rings is 1. The Morgan fingerprint density at radius 3 is 2.42 bits per heavy atom. The van der Waals surface area contributed by atoms with Gasteiger partial charge in [-0.25, -0.2) is 13.2 Å². The topological polar surface area (TPSA) is 126 Å². The first-order valence-electron chi connectivity index (χ1n) is 10.3. The van der Waals surface area contributed by atoms with Gasteiger partial charge in [0.25, 0.3) is 0 Å². The number of aryl methyl sites for hydroxylation is 1. The summed E-state index contributed by atoms with van der Waals surface area (Å²) in [5, 5.41) is 11.6. The van der Waals surface area contributed by atoms with Crippen LogP contribution in [0, 0.1) is 0 Å². The molecule has 1 fully saturated rings.